The van der Waals surface area contributed by atoms with Crippen LogP contribution in [0.4, 0.5) is 0 Å². The van der Waals surface area contributed by atoms with Crippen LogP contribution in [-0.4, -0.2) is 35.4 Å². The summed E-state index contributed by atoms with van der Waals surface area (Å²) in [6.07, 6.45) is 7.64. The van der Waals surface area contributed by atoms with Crippen LogP contribution >= 0.6 is 0 Å². The van der Waals surface area contributed by atoms with E-state index in [0.717, 1.165) is 32.4 Å². The van der Waals surface area contributed by atoms with Gasteiger partial charge in [-0.05, 0) is 26.8 Å². The van der Waals surface area contributed by atoms with Crippen LogP contribution in [0.15, 0.2) is 12.4 Å². The van der Waals surface area contributed by atoms with Crippen molar-refractivity contribution in [3.05, 3.63) is 18.2 Å². The fourth-order valence-electron chi connectivity index (χ4n) is 2.92. The average Bonchev–Trinajstić information content (AvgIpc) is 2.96. The van der Waals surface area contributed by atoms with Crippen LogP contribution in [0.3, 0.4) is 0 Å². The Hall–Kier alpha value is -0.870. The molecule has 1 aromatic heterocycles. The zero-order chi connectivity index (χ0) is 13.0. The van der Waals surface area contributed by atoms with Crippen molar-refractivity contribution >= 4 is 0 Å². The first-order valence-corrected chi connectivity index (χ1v) is 7.05. The van der Waals surface area contributed by atoms with E-state index in [9.17, 15) is 0 Å². The lowest BCUT2D eigenvalue weighted by molar-refractivity contribution is 0.0960. The summed E-state index contributed by atoms with van der Waals surface area (Å²) < 4.78 is 7.95. The Bertz CT molecular complexity index is 364. The molecule has 1 aliphatic rings. The molecule has 0 radical (unpaired) electrons. The molecule has 0 saturated carbocycles. The van der Waals surface area contributed by atoms with E-state index >= 15 is 0 Å². The normalized spacial score (nSPS) is 25.5. The van der Waals surface area contributed by atoms with Crippen molar-refractivity contribution in [2.24, 2.45) is 5.92 Å². The Labute approximate surface area is 110 Å². The van der Waals surface area contributed by atoms with Gasteiger partial charge in [-0.15, -0.1) is 0 Å². The third-order valence-electron chi connectivity index (χ3n) is 3.99. The fourth-order valence-corrected chi connectivity index (χ4v) is 2.92. The van der Waals surface area contributed by atoms with Crippen molar-refractivity contribution in [2.45, 2.75) is 51.8 Å². The molecule has 18 heavy (non-hydrogen) atoms. The topological polar surface area (TPSA) is 39.1 Å². The Balaban J connectivity index is 2.03. The molecule has 4 heteroatoms. The van der Waals surface area contributed by atoms with E-state index in [4.69, 9.17) is 4.74 Å². The van der Waals surface area contributed by atoms with Gasteiger partial charge in [-0.3, -0.25) is 0 Å². The van der Waals surface area contributed by atoms with E-state index in [1.54, 1.807) is 0 Å². The second-order valence-corrected chi connectivity index (χ2v) is 5.16. The Morgan fingerprint density at radius 1 is 1.61 bits per heavy atom. The van der Waals surface area contributed by atoms with Gasteiger partial charge in [0.1, 0.15) is 5.82 Å². The summed E-state index contributed by atoms with van der Waals surface area (Å²) in [5, 5.41) is 3.45. The van der Waals surface area contributed by atoms with Crippen molar-refractivity contribution in [3.8, 4) is 0 Å². The first kappa shape index (κ1) is 13.6. The first-order valence-electron chi connectivity index (χ1n) is 7.05. The molecule has 2 heterocycles. The minimum atomic E-state index is 0.358. The molecular formula is C14H25N3O. The molecular weight excluding hydrogens is 226 g/mol. The molecule has 1 N–H and O–H groups in total. The molecule has 0 bridgehead atoms. The molecule has 1 fully saturated rings. The number of rotatable bonds is 6. The van der Waals surface area contributed by atoms with Crippen molar-refractivity contribution in [3.63, 3.8) is 0 Å². The van der Waals surface area contributed by atoms with Crippen molar-refractivity contribution in [1.29, 1.82) is 0 Å². The zero-order valence-corrected chi connectivity index (χ0v) is 11.7. The predicted molar refractivity (Wildman–Crippen MR) is 72.6 cm³/mol. The highest BCUT2D eigenvalue weighted by atomic mass is 16.5. The molecule has 3 unspecified atom stereocenters. The summed E-state index contributed by atoms with van der Waals surface area (Å²) in [5.41, 5.74) is 0. The maximum Gasteiger partial charge on any atom is 0.110 e. The lowest BCUT2D eigenvalue weighted by Gasteiger charge is -2.25. The van der Waals surface area contributed by atoms with Crippen LogP contribution in [-0.2, 0) is 17.7 Å². The summed E-state index contributed by atoms with van der Waals surface area (Å²) >= 11 is 0. The third kappa shape index (κ3) is 2.93. The fraction of sp³-hybridized carbons (Fsp3) is 0.786. The van der Waals surface area contributed by atoms with Crippen molar-refractivity contribution in [2.75, 3.05) is 13.7 Å². The number of nitrogens with one attached hydrogen (secondary N) is 1. The highest BCUT2D eigenvalue weighted by molar-refractivity contribution is 4.98. The number of imidazole rings is 1. The molecule has 1 saturated heterocycles. The van der Waals surface area contributed by atoms with E-state index in [0.29, 0.717) is 18.1 Å². The lowest BCUT2D eigenvalue weighted by atomic mass is 9.91. The summed E-state index contributed by atoms with van der Waals surface area (Å²) in [6.45, 7) is 6.34. The summed E-state index contributed by atoms with van der Waals surface area (Å²) in [6, 6.07) is 0.459. The van der Waals surface area contributed by atoms with Gasteiger partial charge >= 0.3 is 0 Å². The minimum Gasteiger partial charge on any atom is -0.378 e. The molecule has 0 aliphatic carbocycles. The number of aryl methyl sites for hydroxylation is 1. The van der Waals surface area contributed by atoms with Crippen molar-refractivity contribution in [1.82, 2.24) is 14.9 Å². The van der Waals surface area contributed by atoms with Crippen LogP contribution in [0.1, 0.15) is 32.5 Å². The third-order valence-corrected chi connectivity index (χ3v) is 3.99. The highest BCUT2D eigenvalue weighted by Gasteiger charge is 2.31. The molecule has 3 atom stereocenters. The molecule has 102 valence electrons. The number of hydrogen-bond donors (Lipinski definition) is 1. The van der Waals surface area contributed by atoms with Gasteiger partial charge in [-0.25, -0.2) is 4.98 Å². The zero-order valence-electron chi connectivity index (χ0n) is 11.7. The Morgan fingerprint density at radius 2 is 2.44 bits per heavy atom. The van der Waals surface area contributed by atoms with E-state index < -0.39 is 0 Å². The molecule has 2 rings (SSSR count). The van der Waals surface area contributed by atoms with Gasteiger partial charge in [-0.1, -0.05) is 6.92 Å². The molecule has 0 spiro atoms. The van der Waals surface area contributed by atoms with Gasteiger partial charge in [0.05, 0.1) is 6.10 Å². The number of aromatic nitrogens is 2. The van der Waals surface area contributed by atoms with Gasteiger partial charge in [-0.2, -0.15) is 0 Å². The van der Waals surface area contributed by atoms with Gasteiger partial charge in [0, 0.05) is 43.9 Å². The Morgan fingerprint density at radius 3 is 3.06 bits per heavy atom. The molecule has 4 nitrogen and oxygen atoms in total. The van der Waals surface area contributed by atoms with Crippen LogP contribution in [0.2, 0.25) is 0 Å². The standard InChI is InChI=1S/C14H25N3O/c1-4-7-17-8-6-16-14(17)10-13(15-3)12-5-9-18-11(12)2/h6,8,11-13,15H,4-5,7,9-10H2,1-3H3. The lowest BCUT2D eigenvalue weighted by Crippen LogP contribution is -2.39. The molecule has 0 amide bonds. The average molecular weight is 251 g/mol. The van der Waals surface area contributed by atoms with Crippen LogP contribution < -0.4 is 5.32 Å². The second-order valence-electron chi connectivity index (χ2n) is 5.16. The van der Waals surface area contributed by atoms with E-state index in [1.807, 2.05) is 13.2 Å². The largest absolute Gasteiger partial charge is 0.378 e. The first-order chi connectivity index (χ1) is 8.76. The maximum absolute atomic E-state index is 5.68. The van der Waals surface area contributed by atoms with E-state index in [-0.39, 0.29) is 0 Å². The summed E-state index contributed by atoms with van der Waals surface area (Å²) in [7, 11) is 2.04. The number of likely N-dealkylation sites (N-methyl/N-ethyl adjacent to an activating group) is 1. The van der Waals surface area contributed by atoms with Crippen molar-refractivity contribution < 1.29 is 4.74 Å². The predicted octanol–water partition coefficient (Wildman–Crippen LogP) is 1.85. The SMILES string of the molecule is CCCn1ccnc1CC(NC)C1CCOC1C. The maximum atomic E-state index is 5.68. The number of hydrogen-bond acceptors (Lipinski definition) is 3. The Kier molecular flexibility index (Phi) is 4.78. The number of ether oxygens (including phenoxy) is 1. The van der Waals surface area contributed by atoms with E-state index in [1.165, 1.54) is 5.82 Å². The van der Waals surface area contributed by atoms with Gasteiger partial charge in [0.15, 0.2) is 0 Å². The monoisotopic (exact) mass is 251 g/mol. The molecule has 1 aromatic rings. The molecule has 0 aromatic carbocycles. The van der Waals surface area contributed by atoms with E-state index in [2.05, 4.69) is 34.9 Å². The number of nitrogens with zero attached hydrogens (tertiary/aromatic N) is 2. The quantitative estimate of drug-likeness (QED) is 0.838. The van der Waals surface area contributed by atoms with Crippen LogP contribution in [0, 0.1) is 5.92 Å². The summed E-state index contributed by atoms with van der Waals surface area (Å²) in [4.78, 5) is 4.50. The summed E-state index contributed by atoms with van der Waals surface area (Å²) in [5.74, 6) is 1.79. The highest BCUT2D eigenvalue weighted by Crippen LogP contribution is 2.25. The van der Waals surface area contributed by atoms with Crippen LogP contribution in [0.25, 0.3) is 0 Å². The van der Waals surface area contributed by atoms with Crippen LogP contribution in [0.5, 0.6) is 0 Å². The van der Waals surface area contributed by atoms with Gasteiger partial charge in [0.25, 0.3) is 0 Å². The minimum absolute atomic E-state index is 0.358. The van der Waals surface area contributed by atoms with Gasteiger partial charge in [0.2, 0.25) is 0 Å². The molecule has 1 aliphatic heterocycles. The second kappa shape index (κ2) is 6.34. The smallest absolute Gasteiger partial charge is 0.110 e. The van der Waals surface area contributed by atoms with Gasteiger partial charge < -0.3 is 14.6 Å².